The second-order valence-electron chi connectivity index (χ2n) is 4.74. The summed E-state index contributed by atoms with van der Waals surface area (Å²) in [6.07, 6.45) is 7.52. The Morgan fingerprint density at radius 2 is 2.10 bits per heavy atom. The summed E-state index contributed by atoms with van der Waals surface area (Å²) in [4.78, 5) is 25.0. The Balaban J connectivity index is 2.28. The molecule has 6 heteroatoms. The molecule has 0 aliphatic carbocycles. The van der Waals surface area contributed by atoms with E-state index in [-0.39, 0.29) is 23.3 Å². The number of amides is 1. The van der Waals surface area contributed by atoms with Crippen LogP contribution in [0, 0.1) is 5.92 Å². The standard InChI is InChI=1S/C14H17N3O3/c1-9-7-8-16(3)12(9)6-5-11-13(20-10(2)18)15-17(4)14(11)19/h5-9H,1-4H3/b11-5+,12-6-. The molecule has 6 nitrogen and oxygen atoms in total. The molecular weight excluding hydrogens is 258 g/mol. The van der Waals surface area contributed by atoms with Crippen LogP contribution >= 0.6 is 0 Å². The lowest BCUT2D eigenvalue weighted by Gasteiger charge is -2.14. The van der Waals surface area contributed by atoms with E-state index in [2.05, 4.69) is 18.1 Å². The number of carbonyl (C=O) groups is 2. The van der Waals surface area contributed by atoms with E-state index in [4.69, 9.17) is 4.74 Å². The van der Waals surface area contributed by atoms with Crippen LogP contribution in [-0.4, -0.2) is 41.8 Å². The van der Waals surface area contributed by atoms with Gasteiger partial charge < -0.3 is 9.64 Å². The monoisotopic (exact) mass is 275 g/mol. The Hall–Kier alpha value is -2.37. The van der Waals surface area contributed by atoms with Crippen molar-refractivity contribution in [3.8, 4) is 0 Å². The number of esters is 1. The SMILES string of the molecule is CC(=O)OC1=NN(C)C(=O)/C1=C/C=C1/C(C)C=CN1C. The molecule has 0 aromatic rings. The zero-order valence-corrected chi connectivity index (χ0v) is 12.0. The predicted molar refractivity (Wildman–Crippen MR) is 74.2 cm³/mol. The van der Waals surface area contributed by atoms with Crippen LogP contribution in [0.1, 0.15) is 13.8 Å². The summed E-state index contributed by atoms with van der Waals surface area (Å²) in [6.45, 7) is 3.34. The molecule has 2 aliphatic rings. The summed E-state index contributed by atoms with van der Waals surface area (Å²) in [5.41, 5.74) is 1.34. The van der Waals surface area contributed by atoms with E-state index in [9.17, 15) is 9.59 Å². The maximum absolute atomic E-state index is 12.0. The number of allylic oxidation sites excluding steroid dienone is 3. The Labute approximate surface area is 117 Å². The van der Waals surface area contributed by atoms with E-state index < -0.39 is 5.97 Å². The third-order valence-corrected chi connectivity index (χ3v) is 3.13. The van der Waals surface area contributed by atoms with Crippen molar-refractivity contribution >= 4 is 17.8 Å². The summed E-state index contributed by atoms with van der Waals surface area (Å²) >= 11 is 0. The van der Waals surface area contributed by atoms with E-state index in [0.717, 1.165) is 10.7 Å². The first-order chi connectivity index (χ1) is 9.40. The molecule has 2 rings (SSSR count). The second kappa shape index (κ2) is 5.32. The first kappa shape index (κ1) is 14.0. The molecule has 2 aliphatic heterocycles. The van der Waals surface area contributed by atoms with Gasteiger partial charge in [-0.15, -0.1) is 5.10 Å². The van der Waals surface area contributed by atoms with Crippen LogP contribution in [-0.2, 0) is 14.3 Å². The van der Waals surface area contributed by atoms with E-state index in [1.165, 1.54) is 14.0 Å². The fourth-order valence-electron chi connectivity index (χ4n) is 2.06. The molecule has 0 aromatic carbocycles. The molecule has 0 N–H and O–H groups in total. The zero-order valence-electron chi connectivity index (χ0n) is 12.0. The van der Waals surface area contributed by atoms with Crippen molar-refractivity contribution in [2.24, 2.45) is 11.0 Å². The minimum atomic E-state index is -0.501. The van der Waals surface area contributed by atoms with Gasteiger partial charge in [-0.3, -0.25) is 9.59 Å². The Morgan fingerprint density at radius 3 is 2.65 bits per heavy atom. The first-order valence-electron chi connectivity index (χ1n) is 6.28. The van der Waals surface area contributed by atoms with Crippen molar-refractivity contribution in [3.05, 3.63) is 35.7 Å². The fraction of sp³-hybridized carbons (Fsp3) is 0.357. The quantitative estimate of drug-likeness (QED) is 0.533. The molecule has 2 heterocycles. The van der Waals surface area contributed by atoms with Gasteiger partial charge in [0.05, 0.1) is 0 Å². The summed E-state index contributed by atoms with van der Waals surface area (Å²) in [7, 11) is 3.46. The molecule has 0 fully saturated rings. The van der Waals surface area contributed by atoms with Crippen LogP contribution in [0.4, 0.5) is 0 Å². The molecule has 0 saturated heterocycles. The molecule has 20 heavy (non-hydrogen) atoms. The predicted octanol–water partition coefficient (Wildman–Crippen LogP) is 1.24. The van der Waals surface area contributed by atoms with Crippen LogP contribution in [0.5, 0.6) is 0 Å². The van der Waals surface area contributed by atoms with Crippen LogP contribution in [0.25, 0.3) is 0 Å². The number of nitrogens with zero attached hydrogens (tertiary/aromatic N) is 3. The van der Waals surface area contributed by atoms with Crippen LogP contribution in [0.15, 0.2) is 40.8 Å². The van der Waals surface area contributed by atoms with E-state index in [0.29, 0.717) is 0 Å². The number of hydrogen-bond donors (Lipinski definition) is 0. The van der Waals surface area contributed by atoms with Gasteiger partial charge in [0, 0.05) is 38.8 Å². The van der Waals surface area contributed by atoms with Crippen LogP contribution in [0.3, 0.4) is 0 Å². The highest BCUT2D eigenvalue weighted by Crippen LogP contribution is 2.24. The minimum absolute atomic E-state index is 0.0445. The lowest BCUT2D eigenvalue weighted by molar-refractivity contribution is -0.132. The van der Waals surface area contributed by atoms with Crippen LogP contribution in [0.2, 0.25) is 0 Å². The Morgan fingerprint density at radius 1 is 1.40 bits per heavy atom. The number of hydrogen-bond acceptors (Lipinski definition) is 5. The average Bonchev–Trinajstić information content (AvgIpc) is 2.80. The van der Waals surface area contributed by atoms with Crippen molar-refractivity contribution in [1.29, 1.82) is 0 Å². The van der Waals surface area contributed by atoms with Gasteiger partial charge >= 0.3 is 5.97 Å². The third kappa shape index (κ3) is 2.64. The molecular formula is C14H17N3O3. The lowest BCUT2D eigenvalue weighted by Crippen LogP contribution is -2.18. The normalized spacial score (nSPS) is 25.9. The third-order valence-electron chi connectivity index (χ3n) is 3.13. The van der Waals surface area contributed by atoms with Gasteiger partial charge in [0.25, 0.3) is 11.8 Å². The molecule has 0 aromatic heterocycles. The largest absolute Gasteiger partial charge is 0.405 e. The minimum Gasteiger partial charge on any atom is -0.405 e. The van der Waals surface area contributed by atoms with Crippen molar-refractivity contribution in [2.75, 3.05) is 14.1 Å². The van der Waals surface area contributed by atoms with Crippen molar-refractivity contribution in [1.82, 2.24) is 9.91 Å². The number of likely N-dealkylation sites (N-methyl/N-ethyl adjacent to an activating group) is 1. The highest BCUT2D eigenvalue weighted by molar-refractivity contribution is 6.23. The fourth-order valence-corrected chi connectivity index (χ4v) is 2.06. The second-order valence-corrected chi connectivity index (χ2v) is 4.74. The van der Waals surface area contributed by atoms with Gasteiger partial charge in [0.15, 0.2) is 0 Å². The summed E-state index contributed by atoms with van der Waals surface area (Å²) in [6, 6.07) is 0. The first-order valence-corrected chi connectivity index (χ1v) is 6.28. The van der Waals surface area contributed by atoms with E-state index in [1.54, 1.807) is 6.08 Å². The smallest absolute Gasteiger partial charge is 0.309 e. The average molecular weight is 275 g/mol. The maximum atomic E-state index is 12.0. The van der Waals surface area contributed by atoms with E-state index in [1.807, 2.05) is 24.2 Å². The Bertz CT molecular complexity index is 558. The van der Waals surface area contributed by atoms with Crippen molar-refractivity contribution in [3.63, 3.8) is 0 Å². The molecule has 1 unspecified atom stereocenters. The van der Waals surface area contributed by atoms with Gasteiger partial charge in [-0.1, -0.05) is 13.0 Å². The molecule has 0 bridgehead atoms. The highest BCUT2D eigenvalue weighted by Gasteiger charge is 2.29. The molecule has 1 amide bonds. The molecule has 0 spiro atoms. The van der Waals surface area contributed by atoms with Gasteiger partial charge in [-0.05, 0) is 12.2 Å². The highest BCUT2D eigenvalue weighted by atomic mass is 16.5. The topological polar surface area (TPSA) is 62.2 Å². The molecule has 1 atom stereocenters. The number of ether oxygens (including phenoxy) is 1. The maximum Gasteiger partial charge on any atom is 0.309 e. The summed E-state index contributed by atoms with van der Waals surface area (Å²) in [5, 5.41) is 5.06. The number of hydrazone groups is 1. The van der Waals surface area contributed by atoms with Gasteiger partial charge in [-0.2, -0.15) is 0 Å². The lowest BCUT2D eigenvalue weighted by atomic mass is 10.1. The zero-order chi connectivity index (χ0) is 14.9. The van der Waals surface area contributed by atoms with E-state index >= 15 is 0 Å². The summed E-state index contributed by atoms with van der Waals surface area (Å²) < 4.78 is 4.96. The van der Waals surface area contributed by atoms with Crippen molar-refractivity contribution < 1.29 is 14.3 Å². The van der Waals surface area contributed by atoms with Crippen LogP contribution < -0.4 is 0 Å². The summed E-state index contributed by atoms with van der Waals surface area (Å²) in [5.74, 6) is -0.471. The molecule has 0 radical (unpaired) electrons. The van der Waals surface area contributed by atoms with Gasteiger partial charge in [0.2, 0.25) is 0 Å². The van der Waals surface area contributed by atoms with Crippen molar-refractivity contribution in [2.45, 2.75) is 13.8 Å². The van der Waals surface area contributed by atoms with Gasteiger partial charge in [-0.25, -0.2) is 5.01 Å². The number of carbonyl (C=O) groups excluding carboxylic acids is 2. The Kier molecular flexibility index (Phi) is 3.74. The van der Waals surface area contributed by atoms with Gasteiger partial charge in [0.1, 0.15) is 5.57 Å². The molecule has 0 saturated carbocycles. The number of rotatable bonds is 1. The molecule has 106 valence electrons.